The van der Waals surface area contributed by atoms with Gasteiger partial charge in [0, 0.05) is 29.3 Å². The minimum atomic E-state index is 0. The first-order valence-electron chi connectivity index (χ1n) is 5.49. The van der Waals surface area contributed by atoms with E-state index in [4.69, 9.17) is 46.4 Å². The second kappa shape index (κ2) is 7.72. The maximum Gasteiger partial charge on any atom is 0.0589 e. The minimum Gasteiger partial charge on any atom is -0.0838 e. The molecule has 0 saturated carbocycles. The average Bonchev–Trinajstić information content (AvgIpc) is 2.38. The molecule has 102 valence electrons. The molecule has 0 aliphatic heterocycles. The molecule has 0 nitrogen and oxygen atoms in total. The Hall–Kier alpha value is 0.573. The Balaban J connectivity index is 0.00000200. The summed E-state index contributed by atoms with van der Waals surface area (Å²) < 4.78 is 0. The summed E-state index contributed by atoms with van der Waals surface area (Å²) in [6.45, 7) is 3.87. The van der Waals surface area contributed by atoms with Crippen molar-refractivity contribution in [1.82, 2.24) is 0 Å². The van der Waals surface area contributed by atoms with Crippen molar-refractivity contribution in [1.29, 1.82) is 0 Å². The van der Waals surface area contributed by atoms with Crippen LogP contribution in [-0.4, -0.2) is 0 Å². The molecular weight excluding hydrogens is 407 g/mol. The Morgan fingerprint density at radius 2 is 1.05 bits per heavy atom. The van der Waals surface area contributed by atoms with E-state index in [1.165, 1.54) is 11.8 Å². The normalized spacial score (nSPS) is 10.3. The van der Waals surface area contributed by atoms with Gasteiger partial charge in [-0.1, -0.05) is 70.3 Å². The van der Waals surface area contributed by atoms with E-state index < -0.39 is 0 Å². The predicted molar refractivity (Wildman–Crippen MR) is 86.5 cm³/mol. The molecular formula is C14H10Cl4SZn. The molecule has 2 aromatic carbocycles. The van der Waals surface area contributed by atoms with Crippen molar-refractivity contribution < 1.29 is 19.5 Å². The van der Waals surface area contributed by atoms with Crippen molar-refractivity contribution in [3.8, 4) is 0 Å². The molecule has 0 spiro atoms. The maximum atomic E-state index is 6.30. The van der Waals surface area contributed by atoms with Gasteiger partial charge in [-0.3, -0.25) is 0 Å². The Morgan fingerprint density at radius 1 is 0.700 bits per heavy atom. The topological polar surface area (TPSA) is 0 Å². The zero-order valence-electron chi connectivity index (χ0n) is 10.9. The number of benzene rings is 2. The number of hydrogen-bond donors (Lipinski definition) is 0. The molecule has 0 saturated heterocycles. The average molecular weight is 418 g/mol. The third-order valence-electron chi connectivity index (χ3n) is 2.69. The van der Waals surface area contributed by atoms with Gasteiger partial charge in [0.2, 0.25) is 0 Å². The van der Waals surface area contributed by atoms with Crippen LogP contribution in [-0.2, 0) is 19.5 Å². The van der Waals surface area contributed by atoms with Crippen LogP contribution >= 0.6 is 58.2 Å². The number of aryl methyl sites for hydroxylation is 2. The van der Waals surface area contributed by atoms with Crippen LogP contribution in [0.15, 0.2) is 34.1 Å². The third-order valence-corrected chi connectivity index (χ3v) is 6.00. The van der Waals surface area contributed by atoms with Gasteiger partial charge in [0.25, 0.3) is 0 Å². The van der Waals surface area contributed by atoms with E-state index in [2.05, 4.69) is 0 Å². The fourth-order valence-corrected chi connectivity index (χ4v) is 3.79. The SMILES string of the molecule is Cc1ccc(Cl)c(Sc2c(Cl)ccc(C)c2Cl)c1Cl.[Zn]. The molecule has 0 atom stereocenters. The van der Waals surface area contributed by atoms with E-state index in [9.17, 15) is 0 Å². The summed E-state index contributed by atoms with van der Waals surface area (Å²) in [7, 11) is 0. The van der Waals surface area contributed by atoms with Gasteiger partial charge in [-0.15, -0.1) is 0 Å². The van der Waals surface area contributed by atoms with Crippen molar-refractivity contribution in [2.75, 3.05) is 0 Å². The van der Waals surface area contributed by atoms with E-state index in [-0.39, 0.29) is 19.5 Å². The molecule has 0 heterocycles. The minimum absolute atomic E-state index is 0. The summed E-state index contributed by atoms with van der Waals surface area (Å²) in [5.74, 6) is 0. The molecule has 0 amide bonds. The van der Waals surface area contributed by atoms with Gasteiger partial charge < -0.3 is 0 Å². The Labute approximate surface area is 155 Å². The van der Waals surface area contributed by atoms with Gasteiger partial charge in [-0.2, -0.15) is 0 Å². The summed E-state index contributed by atoms with van der Waals surface area (Å²) in [5, 5.41) is 2.45. The molecule has 6 heteroatoms. The molecule has 0 unspecified atom stereocenters. The molecule has 0 aliphatic carbocycles. The maximum absolute atomic E-state index is 6.30. The van der Waals surface area contributed by atoms with Crippen LogP contribution in [0.3, 0.4) is 0 Å². The number of rotatable bonds is 2. The largest absolute Gasteiger partial charge is 0.0838 e. The van der Waals surface area contributed by atoms with Gasteiger partial charge in [-0.25, -0.2) is 0 Å². The number of hydrogen-bond acceptors (Lipinski definition) is 1. The van der Waals surface area contributed by atoms with Crippen molar-refractivity contribution in [3.05, 3.63) is 55.5 Å². The number of halogens is 4. The van der Waals surface area contributed by atoms with Crippen LogP contribution in [0.25, 0.3) is 0 Å². The van der Waals surface area contributed by atoms with Crippen LogP contribution in [0.5, 0.6) is 0 Å². The molecule has 0 bridgehead atoms. The zero-order chi connectivity index (χ0) is 14.2. The van der Waals surface area contributed by atoms with E-state index in [0.717, 1.165) is 20.9 Å². The molecule has 0 aliphatic rings. The Bertz CT molecular complexity index is 588. The molecule has 0 fully saturated rings. The summed E-state index contributed by atoms with van der Waals surface area (Å²) >= 11 is 26.4. The molecule has 0 aromatic heterocycles. The second-order valence-electron chi connectivity index (χ2n) is 4.12. The van der Waals surface area contributed by atoms with Crippen molar-refractivity contribution in [2.45, 2.75) is 23.6 Å². The quantitative estimate of drug-likeness (QED) is 0.471. The molecule has 2 aromatic rings. The Kier molecular flexibility index (Phi) is 7.19. The van der Waals surface area contributed by atoms with E-state index in [1.807, 2.05) is 38.1 Å². The van der Waals surface area contributed by atoms with E-state index in [1.54, 1.807) is 0 Å². The standard InChI is InChI=1S/C14H10Cl4S.Zn/c1-7-3-5-9(15)13(11(7)17)19-14-10(16)6-4-8(2)12(14)18;/h3-6H,1-2H3;. The first kappa shape index (κ1) is 18.6. The monoisotopic (exact) mass is 414 g/mol. The van der Waals surface area contributed by atoms with E-state index in [0.29, 0.717) is 20.1 Å². The van der Waals surface area contributed by atoms with Crippen LogP contribution in [0.1, 0.15) is 11.1 Å². The fraction of sp³-hybridized carbons (Fsp3) is 0.143. The molecule has 0 N–H and O–H groups in total. The van der Waals surface area contributed by atoms with Gasteiger partial charge >= 0.3 is 0 Å². The second-order valence-corrected chi connectivity index (χ2v) is 6.71. The smallest absolute Gasteiger partial charge is 0.0589 e. The summed E-state index contributed by atoms with van der Waals surface area (Å²) in [4.78, 5) is 1.55. The van der Waals surface area contributed by atoms with Gasteiger partial charge in [0.05, 0.1) is 20.1 Å². The molecule has 20 heavy (non-hydrogen) atoms. The molecule has 2 rings (SSSR count). The van der Waals surface area contributed by atoms with Crippen molar-refractivity contribution >= 4 is 58.2 Å². The van der Waals surface area contributed by atoms with Crippen LogP contribution in [0, 0.1) is 13.8 Å². The molecule has 0 radical (unpaired) electrons. The van der Waals surface area contributed by atoms with Crippen LogP contribution < -0.4 is 0 Å². The van der Waals surface area contributed by atoms with Gasteiger partial charge in [0.15, 0.2) is 0 Å². The zero-order valence-corrected chi connectivity index (χ0v) is 17.7. The van der Waals surface area contributed by atoms with Crippen LogP contribution in [0.4, 0.5) is 0 Å². The first-order valence-corrected chi connectivity index (χ1v) is 7.81. The van der Waals surface area contributed by atoms with Gasteiger partial charge in [-0.05, 0) is 37.1 Å². The fourth-order valence-electron chi connectivity index (χ4n) is 1.55. The summed E-state index contributed by atoms with van der Waals surface area (Å²) in [5.41, 5.74) is 1.93. The van der Waals surface area contributed by atoms with E-state index >= 15 is 0 Å². The Morgan fingerprint density at radius 3 is 1.40 bits per heavy atom. The third kappa shape index (κ3) is 3.86. The predicted octanol–water partition coefficient (Wildman–Crippen LogP) is 7.07. The summed E-state index contributed by atoms with van der Waals surface area (Å²) in [6, 6.07) is 7.41. The van der Waals surface area contributed by atoms with Gasteiger partial charge in [0.1, 0.15) is 0 Å². The van der Waals surface area contributed by atoms with Crippen LogP contribution in [0.2, 0.25) is 20.1 Å². The van der Waals surface area contributed by atoms with Crippen molar-refractivity contribution in [3.63, 3.8) is 0 Å². The van der Waals surface area contributed by atoms with Crippen molar-refractivity contribution in [2.24, 2.45) is 0 Å². The first-order chi connectivity index (χ1) is 8.91. The summed E-state index contributed by atoms with van der Waals surface area (Å²) in [6.07, 6.45) is 0.